The van der Waals surface area contributed by atoms with Gasteiger partial charge in [-0.3, -0.25) is 0 Å². The fourth-order valence-electron chi connectivity index (χ4n) is 1.71. The molecule has 3 heteroatoms. The van der Waals surface area contributed by atoms with Gasteiger partial charge in [0.2, 0.25) is 6.29 Å². The molecule has 15 heavy (non-hydrogen) atoms. The lowest BCUT2D eigenvalue weighted by Gasteiger charge is -2.10. The van der Waals surface area contributed by atoms with Gasteiger partial charge in [0.1, 0.15) is 0 Å². The predicted molar refractivity (Wildman–Crippen MR) is 55.7 cm³/mol. The van der Waals surface area contributed by atoms with Crippen molar-refractivity contribution in [1.29, 1.82) is 0 Å². The maximum absolute atomic E-state index is 11.5. The third-order valence-electron chi connectivity index (χ3n) is 2.67. The summed E-state index contributed by atoms with van der Waals surface area (Å²) in [6, 6.07) is 3.84. The third-order valence-corrected chi connectivity index (χ3v) is 2.67. The van der Waals surface area contributed by atoms with Crippen LogP contribution >= 0.6 is 0 Å². The first kappa shape index (κ1) is 10.2. The van der Waals surface area contributed by atoms with Gasteiger partial charge in [0, 0.05) is 12.2 Å². The summed E-state index contributed by atoms with van der Waals surface area (Å²) in [5.74, 6) is -0.286. The number of cyclic esters (lactones) is 1. The van der Waals surface area contributed by atoms with Crippen molar-refractivity contribution >= 4 is 5.97 Å². The predicted octanol–water partition coefficient (Wildman–Crippen LogP) is 2.51. The Labute approximate surface area is 89.0 Å². The zero-order valence-corrected chi connectivity index (χ0v) is 9.16. The Morgan fingerprint density at radius 2 is 2.00 bits per heavy atom. The van der Waals surface area contributed by atoms with Gasteiger partial charge < -0.3 is 9.47 Å². The number of hydrogen-bond acceptors (Lipinski definition) is 3. The van der Waals surface area contributed by atoms with E-state index in [0.717, 1.165) is 16.7 Å². The molecule has 0 bridgehead atoms. The Hall–Kier alpha value is -1.35. The van der Waals surface area contributed by atoms with Crippen LogP contribution in [0.4, 0.5) is 0 Å². The largest absolute Gasteiger partial charge is 0.428 e. The van der Waals surface area contributed by atoms with E-state index in [9.17, 15) is 4.79 Å². The number of rotatable bonds is 2. The van der Waals surface area contributed by atoms with Crippen molar-refractivity contribution < 1.29 is 14.3 Å². The van der Waals surface area contributed by atoms with E-state index >= 15 is 0 Å². The molecule has 1 unspecified atom stereocenters. The number of aryl methyl sites for hydroxylation is 2. The van der Waals surface area contributed by atoms with Crippen LogP contribution in [-0.2, 0) is 9.47 Å². The normalized spacial score (nSPS) is 18.9. The highest BCUT2D eigenvalue weighted by atomic mass is 16.7. The molecule has 80 valence electrons. The molecule has 0 amide bonds. The first-order chi connectivity index (χ1) is 7.13. The average Bonchev–Trinajstić information content (AvgIpc) is 2.46. The Kier molecular flexibility index (Phi) is 2.49. The zero-order chi connectivity index (χ0) is 11.0. The number of carbonyl (C=O) groups is 1. The SMILES string of the molecule is CCOC1OC(=O)c2cc(C)c(C)cc21. The molecule has 1 atom stereocenters. The van der Waals surface area contributed by atoms with Crippen molar-refractivity contribution in [1.82, 2.24) is 0 Å². The molecule has 1 aromatic rings. The average molecular weight is 206 g/mol. The number of esters is 1. The summed E-state index contributed by atoms with van der Waals surface area (Å²) in [5, 5.41) is 0. The molecule has 1 aliphatic rings. The molecular weight excluding hydrogens is 192 g/mol. The molecule has 0 saturated heterocycles. The smallest absolute Gasteiger partial charge is 0.341 e. The van der Waals surface area contributed by atoms with E-state index in [-0.39, 0.29) is 5.97 Å². The Morgan fingerprint density at radius 1 is 1.33 bits per heavy atom. The summed E-state index contributed by atoms with van der Waals surface area (Å²) in [7, 11) is 0. The number of ether oxygens (including phenoxy) is 2. The third kappa shape index (κ3) is 1.63. The standard InChI is InChI=1S/C12H14O3/c1-4-14-12-10-6-8(3)7(2)5-9(10)11(13)15-12/h5-6,12H,4H2,1-3H3. The van der Waals surface area contributed by atoms with Gasteiger partial charge in [-0.25, -0.2) is 4.79 Å². The van der Waals surface area contributed by atoms with Crippen LogP contribution in [0.15, 0.2) is 12.1 Å². The van der Waals surface area contributed by atoms with Crippen molar-refractivity contribution in [3.8, 4) is 0 Å². The van der Waals surface area contributed by atoms with Crippen molar-refractivity contribution in [3.05, 3.63) is 34.4 Å². The summed E-state index contributed by atoms with van der Waals surface area (Å²) in [6.07, 6.45) is -0.517. The van der Waals surface area contributed by atoms with Crippen molar-refractivity contribution in [2.45, 2.75) is 27.1 Å². The van der Waals surface area contributed by atoms with Crippen molar-refractivity contribution in [2.75, 3.05) is 6.61 Å². The summed E-state index contributed by atoms with van der Waals surface area (Å²) < 4.78 is 10.5. The van der Waals surface area contributed by atoms with Crippen LogP contribution in [-0.4, -0.2) is 12.6 Å². The topological polar surface area (TPSA) is 35.5 Å². The summed E-state index contributed by atoms with van der Waals surface area (Å²) in [4.78, 5) is 11.5. The molecular formula is C12H14O3. The summed E-state index contributed by atoms with van der Waals surface area (Å²) >= 11 is 0. The van der Waals surface area contributed by atoms with Crippen molar-refractivity contribution in [3.63, 3.8) is 0 Å². The maximum atomic E-state index is 11.5. The van der Waals surface area contributed by atoms with Gasteiger partial charge in [-0.05, 0) is 44.0 Å². The van der Waals surface area contributed by atoms with E-state index in [2.05, 4.69) is 0 Å². The van der Waals surface area contributed by atoms with E-state index in [1.54, 1.807) is 0 Å². The van der Waals surface area contributed by atoms with Crippen LogP contribution < -0.4 is 0 Å². The monoisotopic (exact) mass is 206 g/mol. The number of carbonyl (C=O) groups excluding carboxylic acids is 1. The maximum Gasteiger partial charge on any atom is 0.341 e. The van der Waals surface area contributed by atoms with Crippen LogP contribution in [0.5, 0.6) is 0 Å². The van der Waals surface area contributed by atoms with Crippen LogP contribution in [0.3, 0.4) is 0 Å². The summed E-state index contributed by atoms with van der Waals surface area (Å²) in [5.41, 5.74) is 3.74. The molecule has 0 spiro atoms. The Balaban J connectivity index is 2.46. The molecule has 0 radical (unpaired) electrons. The molecule has 3 nitrogen and oxygen atoms in total. The van der Waals surface area contributed by atoms with Gasteiger partial charge in [-0.1, -0.05) is 0 Å². The first-order valence-electron chi connectivity index (χ1n) is 5.07. The van der Waals surface area contributed by atoms with Crippen LogP contribution in [0.2, 0.25) is 0 Å². The van der Waals surface area contributed by atoms with E-state index in [1.165, 1.54) is 0 Å². The Morgan fingerprint density at radius 3 is 2.67 bits per heavy atom. The highest BCUT2D eigenvalue weighted by Crippen LogP contribution is 2.33. The van der Waals surface area contributed by atoms with Gasteiger partial charge in [-0.2, -0.15) is 0 Å². The highest BCUT2D eigenvalue weighted by molar-refractivity contribution is 5.94. The number of hydrogen-bond donors (Lipinski definition) is 0. The first-order valence-corrected chi connectivity index (χ1v) is 5.07. The Bertz CT molecular complexity index is 410. The van der Waals surface area contributed by atoms with Gasteiger partial charge in [0.15, 0.2) is 0 Å². The molecule has 0 saturated carbocycles. The minimum absolute atomic E-state index is 0.286. The minimum atomic E-state index is -0.517. The van der Waals surface area contributed by atoms with Crippen molar-refractivity contribution in [2.24, 2.45) is 0 Å². The lowest BCUT2D eigenvalue weighted by Crippen LogP contribution is -2.03. The van der Waals surface area contributed by atoms with Crippen LogP contribution in [0.25, 0.3) is 0 Å². The lowest BCUT2D eigenvalue weighted by atomic mass is 10.0. The van der Waals surface area contributed by atoms with E-state index in [1.807, 2.05) is 32.9 Å². The molecule has 1 aromatic carbocycles. The van der Waals surface area contributed by atoms with Gasteiger partial charge in [0.25, 0.3) is 0 Å². The molecule has 1 aliphatic heterocycles. The minimum Gasteiger partial charge on any atom is -0.428 e. The summed E-state index contributed by atoms with van der Waals surface area (Å²) in [6.45, 7) is 6.41. The second kappa shape index (κ2) is 3.66. The molecule has 0 aliphatic carbocycles. The fraction of sp³-hybridized carbons (Fsp3) is 0.417. The van der Waals surface area contributed by atoms with Gasteiger partial charge >= 0.3 is 5.97 Å². The fourth-order valence-corrected chi connectivity index (χ4v) is 1.71. The number of fused-ring (bicyclic) bond motifs is 1. The van der Waals surface area contributed by atoms with Crippen LogP contribution in [0.1, 0.15) is 40.3 Å². The second-order valence-electron chi connectivity index (χ2n) is 3.72. The molecule has 1 heterocycles. The van der Waals surface area contributed by atoms with Crippen LogP contribution in [0, 0.1) is 13.8 Å². The number of benzene rings is 1. The van der Waals surface area contributed by atoms with E-state index < -0.39 is 6.29 Å². The zero-order valence-electron chi connectivity index (χ0n) is 9.16. The second-order valence-corrected chi connectivity index (χ2v) is 3.72. The molecule has 0 N–H and O–H groups in total. The van der Waals surface area contributed by atoms with E-state index in [4.69, 9.17) is 9.47 Å². The molecule has 0 aromatic heterocycles. The quantitative estimate of drug-likeness (QED) is 0.697. The molecule has 2 rings (SSSR count). The lowest BCUT2D eigenvalue weighted by molar-refractivity contribution is -0.0993. The molecule has 0 fully saturated rings. The van der Waals surface area contributed by atoms with E-state index in [0.29, 0.717) is 12.2 Å². The highest BCUT2D eigenvalue weighted by Gasteiger charge is 2.31. The van der Waals surface area contributed by atoms with Gasteiger partial charge in [0.05, 0.1) is 5.56 Å². The van der Waals surface area contributed by atoms with Gasteiger partial charge in [-0.15, -0.1) is 0 Å².